The van der Waals surface area contributed by atoms with E-state index in [2.05, 4.69) is 0 Å². The van der Waals surface area contributed by atoms with E-state index in [9.17, 15) is 8.42 Å². The molecule has 6 heteroatoms. The van der Waals surface area contributed by atoms with Crippen LogP contribution in [-0.2, 0) is 10.0 Å². The molecule has 82 valence electrons. The summed E-state index contributed by atoms with van der Waals surface area (Å²) in [6.45, 7) is 0.490. The van der Waals surface area contributed by atoms with Crippen LogP contribution in [0, 0.1) is 0 Å². The van der Waals surface area contributed by atoms with Gasteiger partial charge in [-0.3, -0.25) is 4.31 Å². The Kier molecular flexibility index (Phi) is 2.83. The van der Waals surface area contributed by atoms with E-state index in [0.717, 1.165) is 0 Å². The molecule has 15 heavy (non-hydrogen) atoms. The van der Waals surface area contributed by atoms with E-state index in [1.807, 2.05) is 0 Å². The maximum absolute atomic E-state index is 11.6. The zero-order chi connectivity index (χ0) is 11.1. The molecule has 1 aliphatic heterocycles. The number of benzene rings is 1. The maximum atomic E-state index is 11.6. The first-order valence-electron chi connectivity index (χ1n) is 4.46. The number of sulfonamides is 1. The minimum atomic E-state index is -3.17. The van der Waals surface area contributed by atoms with Crippen LogP contribution in [0.3, 0.4) is 0 Å². The van der Waals surface area contributed by atoms with Crippen molar-refractivity contribution in [2.24, 2.45) is 0 Å². The lowest BCUT2D eigenvalue weighted by Crippen LogP contribution is -2.25. The van der Waals surface area contributed by atoms with Gasteiger partial charge >= 0.3 is 0 Å². The fourth-order valence-electron chi connectivity index (χ4n) is 1.59. The third-order valence-corrected chi connectivity index (χ3v) is 4.67. The Morgan fingerprint density at radius 1 is 1.27 bits per heavy atom. The lowest BCUT2D eigenvalue weighted by atomic mass is 10.3. The molecule has 1 aromatic carbocycles. The third kappa shape index (κ3) is 2.07. The molecule has 0 saturated carbocycles. The van der Waals surface area contributed by atoms with Gasteiger partial charge in [-0.2, -0.15) is 0 Å². The smallest absolute Gasteiger partial charge is 0.235 e. The molecule has 3 nitrogen and oxygen atoms in total. The second-order valence-electron chi connectivity index (χ2n) is 3.34. The summed E-state index contributed by atoms with van der Waals surface area (Å²) in [5.74, 6) is 0.186. The zero-order valence-electron chi connectivity index (χ0n) is 7.78. The van der Waals surface area contributed by atoms with Gasteiger partial charge in [-0.15, -0.1) is 0 Å². The summed E-state index contributed by atoms with van der Waals surface area (Å²) in [6, 6.07) is 4.82. The van der Waals surface area contributed by atoms with Gasteiger partial charge in [0.1, 0.15) is 0 Å². The van der Waals surface area contributed by atoms with E-state index >= 15 is 0 Å². The number of rotatable bonds is 1. The van der Waals surface area contributed by atoms with Gasteiger partial charge in [-0.25, -0.2) is 8.42 Å². The standard InChI is InChI=1S/C9H9Cl2NO2S/c10-7-2-3-9(8(11)6-7)12-4-1-5-15(12,13)14/h2-3,6H,1,4-5H2. The lowest BCUT2D eigenvalue weighted by molar-refractivity contribution is 0.599. The molecule has 0 aromatic heterocycles. The van der Waals surface area contributed by atoms with E-state index in [0.29, 0.717) is 28.7 Å². The van der Waals surface area contributed by atoms with Crippen LogP contribution in [0.25, 0.3) is 0 Å². The van der Waals surface area contributed by atoms with Crippen LogP contribution in [-0.4, -0.2) is 20.7 Å². The minimum absolute atomic E-state index is 0.186. The highest BCUT2D eigenvalue weighted by Gasteiger charge is 2.29. The molecule has 1 fully saturated rings. The van der Waals surface area contributed by atoms with E-state index < -0.39 is 10.0 Å². The van der Waals surface area contributed by atoms with Crippen molar-refractivity contribution in [3.8, 4) is 0 Å². The third-order valence-electron chi connectivity index (χ3n) is 2.28. The predicted octanol–water partition coefficient (Wildman–Crippen LogP) is 2.53. The summed E-state index contributed by atoms with van der Waals surface area (Å²) in [5.41, 5.74) is 0.513. The Bertz CT molecular complexity index is 487. The van der Waals surface area contributed by atoms with E-state index in [4.69, 9.17) is 23.2 Å². The molecule has 1 aliphatic rings. The number of anilines is 1. The first-order chi connectivity index (χ1) is 7.00. The fourth-order valence-corrected chi connectivity index (χ4v) is 3.73. The molecule has 0 amide bonds. The van der Waals surface area contributed by atoms with Crippen LogP contribution >= 0.6 is 23.2 Å². The predicted molar refractivity (Wildman–Crippen MR) is 62.2 cm³/mol. The van der Waals surface area contributed by atoms with Crippen molar-refractivity contribution in [1.82, 2.24) is 0 Å². The molecular weight excluding hydrogens is 257 g/mol. The largest absolute Gasteiger partial charge is 0.269 e. The molecule has 1 heterocycles. The van der Waals surface area contributed by atoms with Crippen molar-refractivity contribution >= 4 is 38.9 Å². The number of hydrogen-bond donors (Lipinski definition) is 0. The van der Waals surface area contributed by atoms with Gasteiger partial charge in [0.2, 0.25) is 10.0 Å². The Morgan fingerprint density at radius 2 is 2.00 bits per heavy atom. The van der Waals surface area contributed by atoms with Crippen LogP contribution < -0.4 is 4.31 Å². The lowest BCUT2D eigenvalue weighted by Gasteiger charge is -2.18. The molecule has 0 bridgehead atoms. The Hall–Kier alpha value is -0.450. The average Bonchev–Trinajstić information content (AvgIpc) is 2.46. The van der Waals surface area contributed by atoms with Gasteiger partial charge in [0.15, 0.2) is 0 Å². The highest BCUT2D eigenvalue weighted by atomic mass is 35.5. The van der Waals surface area contributed by atoms with Crippen molar-refractivity contribution < 1.29 is 8.42 Å². The fraction of sp³-hybridized carbons (Fsp3) is 0.333. The van der Waals surface area contributed by atoms with Crippen LogP contribution in [0.1, 0.15) is 6.42 Å². The molecule has 0 unspecified atom stereocenters. The zero-order valence-corrected chi connectivity index (χ0v) is 10.1. The summed E-state index contributed by atoms with van der Waals surface area (Å²) >= 11 is 11.7. The summed E-state index contributed by atoms with van der Waals surface area (Å²) < 4.78 is 24.6. The van der Waals surface area contributed by atoms with Gasteiger partial charge < -0.3 is 0 Å². The summed E-state index contributed by atoms with van der Waals surface area (Å²) in [7, 11) is -3.17. The molecule has 1 saturated heterocycles. The van der Waals surface area contributed by atoms with E-state index in [1.54, 1.807) is 18.2 Å². The van der Waals surface area contributed by atoms with Crippen LogP contribution in [0.5, 0.6) is 0 Å². The monoisotopic (exact) mass is 265 g/mol. The van der Waals surface area contributed by atoms with Crippen molar-refractivity contribution in [2.75, 3.05) is 16.6 Å². The van der Waals surface area contributed by atoms with Gasteiger partial charge in [-0.05, 0) is 24.6 Å². The first kappa shape index (κ1) is 11.0. The second-order valence-corrected chi connectivity index (χ2v) is 6.19. The number of nitrogens with zero attached hydrogens (tertiary/aromatic N) is 1. The van der Waals surface area contributed by atoms with Gasteiger partial charge in [0, 0.05) is 11.6 Å². The van der Waals surface area contributed by atoms with Gasteiger partial charge in [0.05, 0.1) is 16.5 Å². The molecule has 0 N–H and O–H groups in total. The summed E-state index contributed by atoms with van der Waals surface area (Å²) in [4.78, 5) is 0. The average molecular weight is 266 g/mol. The van der Waals surface area contributed by atoms with Crippen molar-refractivity contribution in [1.29, 1.82) is 0 Å². The Morgan fingerprint density at radius 3 is 2.53 bits per heavy atom. The summed E-state index contributed by atoms with van der Waals surface area (Å²) in [5, 5.41) is 0.869. The van der Waals surface area contributed by atoms with Crippen molar-refractivity contribution in [3.63, 3.8) is 0 Å². The Balaban J connectivity index is 2.46. The molecule has 1 aromatic rings. The number of hydrogen-bond acceptors (Lipinski definition) is 2. The quantitative estimate of drug-likeness (QED) is 0.783. The SMILES string of the molecule is O=S1(=O)CCCN1c1ccc(Cl)cc1Cl. The number of halogens is 2. The first-order valence-corrected chi connectivity index (χ1v) is 6.83. The van der Waals surface area contributed by atoms with Crippen LogP contribution in [0.4, 0.5) is 5.69 Å². The van der Waals surface area contributed by atoms with Crippen molar-refractivity contribution in [2.45, 2.75) is 6.42 Å². The highest BCUT2D eigenvalue weighted by molar-refractivity contribution is 7.93. The molecule has 0 atom stereocenters. The maximum Gasteiger partial charge on any atom is 0.235 e. The molecule has 0 aliphatic carbocycles. The highest BCUT2D eigenvalue weighted by Crippen LogP contribution is 2.32. The normalized spacial score (nSPS) is 19.5. The van der Waals surface area contributed by atoms with E-state index in [1.165, 1.54) is 4.31 Å². The van der Waals surface area contributed by atoms with Crippen molar-refractivity contribution in [3.05, 3.63) is 28.2 Å². The molecule has 2 rings (SSSR count). The summed E-state index contributed by atoms with van der Waals surface area (Å²) in [6.07, 6.45) is 0.640. The Labute approximate surface area is 98.6 Å². The minimum Gasteiger partial charge on any atom is -0.269 e. The van der Waals surface area contributed by atoms with E-state index in [-0.39, 0.29) is 5.75 Å². The van der Waals surface area contributed by atoms with Gasteiger partial charge in [-0.1, -0.05) is 23.2 Å². The molecule has 0 radical (unpaired) electrons. The van der Waals surface area contributed by atoms with Crippen LogP contribution in [0.15, 0.2) is 18.2 Å². The van der Waals surface area contributed by atoms with Crippen LogP contribution in [0.2, 0.25) is 10.0 Å². The molecule has 0 spiro atoms. The second kappa shape index (κ2) is 3.85. The van der Waals surface area contributed by atoms with Gasteiger partial charge in [0.25, 0.3) is 0 Å². The topological polar surface area (TPSA) is 37.4 Å². The molecular formula is C9H9Cl2NO2S.